The number of fused-ring (bicyclic) bond motifs is 5. The summed E-state index contributed by atoms with van der Waals surface area (Å²) in [7, 11) is 0. The number of nitrogens with two attached hydrogens (primary N) is 1. The maximum Gasteiger partial charge on any atom is 0.0101 e. The Hall–Kier alpha value is -0.340. The molecule has 10 atom stereocenters. The number of nitrogens with one attached hydrogen (secondary N) is 1. The van der Waals surface area contributed by atoms with Gasteiger partial charge in [-0.15, -0.1) is 0 Å². The van der Waals surface area contributed by atoms with Crippen LogP contribution in [-0.4, -0.2) is 18.6 Å². The van der Waals surface area contributed by atoms with Gasteiger partial charge in [0, 0.05) is 12.1 Å². The third-order valence-electron chi connectivity index (χ3n) is 11.8. The smallest absolute Gasteiger partial charge is 0.0101 e. The molecule has 5 rings (SSSR count). The zero-order valence-electron chi connectivity index (χ0n) is 21.1. The van der Waals surface area contributed by atoms with Crippen LogP contribution in [0, 0.1) is 52.3 Å². The first-order chi connectivity index (χ1) is 14.7. The largest absolute Gasteiger partial charge is 0.328 e. The highest BCUT2D eigenvalue weighted by Crippen LogP contribution is 2.67. The van der Waals surface area contributed by atoms with Gasteiger partial charge in [-0.05, 0) is 123 Å². The van der Waals surface area contributed by atoms with Crippen LogP contribution in [0.5, 0.6) is 0 Å². The topological polar surface area (TPSA) is 38.0 Å². The van der Waals surface area contributed by atoms with Crippen molar-refractivity contribution in [1.29, 1.82) is 0 Å². The lowest BCUT2D eigenvalue weighted by Gasteiger charge is -2.58. The van der Waals surface area contributed by atoms with E-state index in [1.54, 1.807) is 0 Å². The summed E-state index contributed by atoms with van der Waals surface area (Å²) in [6.07, 6.45) is 16.6. The Morgan fingerprint density at radius 2 is 1.74 bits per heavy atom. The maximum absolute atomic E-state index is 6.40. The fourth-order valence-electron chi connectivity index (χ4n) is 9.93. The maximum atomic E-state index is 6.40. The normalized spacial score (nSPS) is 50.5. The molecule has 3 saturated carbocycles. The van der Waals surface area contributed by atoms with Crippen LogP contribution in [0.25, 0.3) is 0 Å². The van der Waals surface area contributed by atoms with Crippen LogP contribution in [0.3, 0.4) is 0 Å². The lowest BCUT2D eigenvalue weighted by molar-refractivity contribution is -0.0126. The van der Waals surface area contributed by atoms with E-state index >= 15 is 0 Å². The minimum absolute atomic E-state index is 0.456. The first kappa shape index (κ1) is 22.5. The van der Waals surface area contributed by atoms with Crippen LogP contribution in [-0.2, 0) is 0 Å². The molecule has 0 spiro atoms. The minimum Gasteiger partial charge on any atom is -0.328 e. The molecular formula is C29H50N2. The van der Waals surface area contributed by atoms with Gasteiger partial charge in [0.05, 0.1) is 0 Å². The van der Waals surface area contributed by atoms with Crippen molar-refractivity contribution in [1.82, 2.24) is 5.32 Å². The van der Waals surface area contributed by atoms with E-state index in [2.05, 4.69) is 46.0 Å². The molecule has 4 aliphatic carbocycles. The molecule has 2 nitrogen and oxygen atoms in total. The molecule has 2 heteroatoms. The van der Waals surface area contributed by atoms with Crippen molar-refractivity contribution in [3.05, 3.63) is 11.6 Å². The van der Waals surface area contributed by atoms with Gasteiger partial charge in [0.15, 0.2) is 0 Å². The van der Waals surface area contributed by atoms with Gasteiger partial charge in [0.25, 0.3) is 0 Å². The third kappa shape index (κ3) is 3.58. The van der Waals surface area contributed by atoms with Crippen molar-refractivity contribution in [3.8, 4) is 0 Å². The zero-order valence-corrected chi connectivity index (χ0v) is 21.1. The molecule has 0 aromatic rings. The van der Waals surface area contributed by atoms with E-state index < -0.39 is 0 Å². The van der Waals surface area contributed by atoms with Crippen molar-refractivity contribution in [2.24, 2.45) is 58.0 Å². The predicted octanol–water partition coefficient (Wildman–Crippen LogP) is 6.55. The minimum atomic E-state index is 0.456. The molecule has 0 amide bonds. The second kappa shape index (κ2) is 8.15. The lowest BCUT2D eigenvalue weighted by Crippen LogP contribution is -2.51. The average Bonchev–Trinajstić information content (AvgIpc) is 3.32. The van der Waals surface area contributed by atoms with Gasteiger partial charge in [-0.3, -0.25) is 0 Å². The first-order valence-corrected chi connectivity index (χ1v) is 13.9. The van der Waals surface area contributed by atoms with Crippen molar-refractivity contribution >= 4 is 0 Å². The summed E-state index contributed by atoms with van der Waals surface area (Å²) in [4.78, 5) is 0. The van der Waals surface area contributed by atoms with Gasteiger partial charge >= 0.3 is 0 Å². The molecule has 1 aliphatic heterocycles. The van der Waals surface area contributed by atoms with Gasteiger partial charge in [0.2, 0.25) is 0 Å². The quantitative estimate of drug-likeness (QED) is 0.500. The van der Waals surface area contributed by atoms with E-state index in [4.69, 9.17) is 5.73 Å². The van der Waals surface area contributed by atoms with E-state index in [9.17, 15) is 0 Å². The zero-order chi connectivity index (χ0) is 22.0. The molecule has 0 aromatic carbocycles. The standard InChI is InChI=1S/C29H50N2/c1-18(2)22-12-15-31-27(22)16-19(3)24-8-9-25-23-7-6-20-17-21(30)10-13-28(20,4)26(23)11-14-29(24,25)5/h7,18-22,24-27,31H,6,8-17,30H2,1-5H3/t19-,20+,21-,22?,24-,25+,26+,27?,28+,29-/m1/s1. The van der Waals surface area contributed by atoms with Crippen molar-refractivity contribution in [2.45, 2.75) is 111 Å². The Kier molecular flexibility index (Phi) is 5.91. The fourth-order valence-corrected chi connectivity index (χ4v) is 9.93. The van der Waals surface area contributed by atoms with E-state index in [1.165, 1.54) is 70.8 Å². The molecule has 2 unspecified atom stereocenters. The van der Waals surface area contributed by atoms with Gasteiger partial charge in [-0.25, -0.2) is 0 Å². The summed E-state index contributed by atoms with van der Waals surface area (Å²) < 4.78 is 0. The number of hydrogen-bond donors (Lipinski definition) is 2. The summed E-state index contributed by atoms with van der Waals surface area (Å²) >= 11 is 0. The summed E-state index contributed by atoms with van der Waals surface area (Å²) in [5.74, 6) is 6.03. The van der Waals surface area contributed by atoms with Gasteiger partial charge in [-0.1, -0.05) is 46.3 Å². The highest BCUT2D eigenvalue weighted by atomic mass is 15.0. The third-order valence-corrected chi connectivity index (χ3v) is 11.8. The molecule has 1 saturated heterocycles. The molecule has 31 heavy (non-hydrogen) atoms. The van der Waals surface area contributed by atoms with Crippen molar-refractivity contribution < 1.29 is 0 Å². The number of allylic oxidation sites excluding steroid dienone is 2. The first-order valence-electron chi connectivity index (χ1n) is 13.9. The van der Waals surface area contributed by atoms with E-state index in [-0.39, 0.29) is 0 Å². The van der Waals surface area contributed by atoms with Gasteiger partial charge in [0.1, 0.15) is 0 Å². The van der Waals surface area contributed by atoms with Crippen molar-refractivity contribution in [3.63, 3.8) is 0 Å². The fraction of sp³-hybridized carbons (Fsp3) is 0.931. The molecule has 1 heterocycles. The van der Waals surface area contributed by atoms with E-state index in [0.717, 1.165) is 47.5 Å². The molecular weight excluding hydrogens is 376 g/mol. The highest BCUT2D eigenvalue weighted by molar-refractivity contribution is 5.27. The Morgan fingerprint density at radius 3 is 2.52 bits per heavy atom. The van der Waals surface area contributed by atoms with Crippen LogP contribution >= 0.6 is 0 Å². The summed E-state index contributed by atoms with van der Waals surface area (Å²) in [6, 6.07) is 1.21. The Bertz CT molecular complexity index is 697. The molecule has 176 valence electrons. The van der Waals surface area contributed by atoms with E-state index in [0.29, 0.717) is 16.9 Å². The van der Waals surface area contributed by atoms with E-state index in [1.807, 2.05) is 5.57 Å². The highest BCUT2D eigenvalue weighted by Gasteiger charge is 2.58. The molecule has 0 aromatic heterocycles. The number of rotatable bonds is 4. The average molecular weight is 427 g/mol. The van der Waals surface area contributed by atoms with Crippen LogP contribution in [0.4, 0.5) is 0 Å². The Morgan fingerprint density at radius 1 is 1.00 bits per heavy atom. The second-order valence-electron chi connectivity index (χ2n) is 13.5. The molecule has 0 bridgehead atoms. The molecule has 5 aliphatic rings. The summed E-state index contributed by atoms with van der Waals surface area (Å²) in [6.45, 7) is 14.1. The lowest BCUT2D eigenvalue weighted by atomic mass is 9.47. The monoisotopic (exact) mass is 426 g/mol. The summed E-state index contributed by atoms with van der Waals surface area (Å²) in [5, 5.41) is 3.89. The second-order valence-corrected chi connectivity index (χ2v) is 13.5. The molecule has 4 fully saturated rings. The predicted molar refractivity (Wildman–Crippen MR) is 132 cm³/mol. The molecule has 3 N–H and O–H groups in total. The number of hydrogen-bond acceptors (Lipinski definition) is 2. The van der Waals surface area contributed by atoms with Gasteiger partial charge in [-0.2, -0.15) is 0 Å². The SMILES string of the molecule is CC(C)C1CCNC1C[C@@H](C)[C@H]1CC[C@H]2C3=CC[C@H]4C[C@H](N)CC[C@]4(C)[C@H]3CC[C@]12C. The van der Waals surface area contributed by atoms with Crippen LogP contribution < -0.4 is 11.1 Å². The van der Waals surface area contributed by atoms with Crippen molar-refractivity contribution in [2.75, 3.05) is 6.54 Å². The van der Waals surface area contributed by atoms with Crippen LogP contribution in [0.1, 0.15) is 98.8 Å². The van der Waals surface area contributed by atoms with Gasteiger partial charge < -0.3 is 11.1 Å². The summed E-state index contributed by atoms with van der Waals surface area (Å²) in [5.41, 5.74) is 9.38. The van der Waals surface area contributed by atoms with Crippen LogP contribution in [0.15, 0.2) is 11.6 Å². The van der Waals surface area contributed by atoms with Crippen LogP contribution in [0.2, 0.25) is 0 Å². The molecule has 0 radical (unpaired) electrons. The Balaban J connectivity index is 1.33. The Labute approximate surface area is 192 Å².